The number of nitrogen functional groups attached to an aromatic ring is 1. The third kappa shape index (κ3) is 2.71. The van der Waals surface area contributed by atoms with Crippen LogP contribution in [0.25, 0.3) is 0 Å². The van der Waals surface area contributed by atoms with E-state index >= 15 is 0 Å². The number of hydrogen-bond donors (Lipinski definition) is 1. The second-order valence-corrected chi connectivity index (χ2v) is 5.48. The average molecular weight is 295 g/mol. The van der Waals surface area contributed by atoms with Crippen molar-refractivity contribution >= 4 is 28.0 Å². The molecule has 0 aliphatic carbocycles. The number of anilines is 2. The SMILES string of the molecule is CCOC(=O)c1sc(N2CCOC(C)C2)c(C#N)c1N. The largest absolute Gasteiger partial charge is 0.462 e. The molecule has 0 saturated carbocycles. The molecule has 6 nitrogen and oxygen atoms in total. The Morgan fingerprint density at radius 2 is 2.45 bits per heavy atom. The van der Waals surface area contributed by atoms with Crippen LogP contribution >= 0.6 is 11.3 Å². The van der Waals surface area contributed by atoms with E-state index < -0.39 is 5.97 Å². The number of nitrogens with two attached hydrogens (primary N) is 1. The summed E-state index contributed by atoms with van der Waals surface area (Å²) in [5, 5.41) is 10.0. The Kier molecular flexibility index (Phi) is 4.47. The summed E-state index contributed by atoms with van der Waals surface area (Å²) in [6, 6.07) is 2.09. The van der Waals surface area contributed by atoms with Crippen molar-refractivity contribution in [1.82, 2.24) is 0 Å². The van der Waals surface area contributed by atoms with E-state index in [1.54, 1.807) is 6.92 Å². The van der Waals surface area contributed by atoms with Crippen molar-refractivity contribution in [2.75, 3.05) is 36.9 Å². The Morgan fingerprint density at radius 3 is 3.05 bits per heavy atom. The molecule has 0 aromatic carbocycles. The number of ether oxygens (including phenoxy) is 2. The van der Waals surface area contributed by atoms with Crippen LogP contribution < -0.4 is 10.6 Å². The molecule has 1 saturated heterocycles. The highest BCUT2D eigenvalue weighted by Crippen LogP contribution is 2.38. The van der Waals surface area contributed by atoms with Crippen LogP contribution in [-0.2, 0) is 9.47 Å². The van der Waals surface area contributed by atoms with Gasteiger partial charge >= 0.3 is 5.97 Å². The van der Waals surface area contributed by atoms with Gasteiger partial charge in [0, 0.05) is 13.1 Å². The van der Waals surface area contributed by atoms with E-state index in [9.17, 15) is 10.1 Å². The van der Waals surface area contributed by atoms with Crippen molar-refractivity contribution in [3.8, 4) is 6.07 Å². The van der Waals surface area contributed by atoms with Gasteiger partial charge in [-0.25, -0.2) is 4.79 Å². The van der Waals surface area contributed by atoms with Crippen LogP contribution in [-0.4, -0.2) is 38.4 Å². The molecule has 0 spiro atoms. The van der Waals surface area contributed by atoms with Gasteiger partial charge in [-0.05, 0) is 13.8 Å². The first-order valence-corrected chi connectivity index (χ1v) is 7.26. The number of nitrogens with zero attached hydrogens (tertiary/aromatic N) is 2. The summed E-state index contributed by atoms with van der Waals surface area (Å²) in [6.45, 7) is 5.94. The third-order valence-corrected chi connectivity index (χ3v) is 4.27. The predicted octanol–water partition coefficient (Wildman–Crippen LogP) is 1.60. The van der Waals surface area contributed by atoms with Crippen LogP contribution in [0, 0.1) is 11.3 Å². The lowest BCUT2D eigenvalue weighted by Gasteiger charge is -2.31. The van der Waals surface area contributed by atoms with Gasteiger partial charge in [0.15, 0.2) is 0 Å². The van der Waals surface area contributed by atoms with Gasteiger partial charge < -0.3 is 20.1 Å². The van der Waals surface area contributed by atoms with Crippen molar-refractivity contribution in [1.29, 1.82) is 5.26 Å². The number of esters is 1. The van der Waals surface area contributed by atoms with Crippen LogP contribution in [0.4, 0.5) is 10.7 Å². The van der Waals surface area contributed by atoms with Crippen molar-refractivity contribution in [2.45, 2.75) is 20.0 Å². The van der Waals surface area contributed by atoms with E-state index in [0.29, 0.717) is 30.1 Å². The Bertz CT molecular complexity index is 550. The first-order chi connectivity index (χ1) is 9.58. The van der Waals surface area contributed by atoms with Gasteiger partial charge in [-0.2, -0.15) is 5.26 Å². The molecule has 108 valence electrons. The second-order valence-electron chi connectivity index (χ2n) is 4.48. The minimum atomic E-state index is -0.473. The van der Waals surface area contributed by atoms with Crippen molar-refractivity contribution in [3.63, 3.8) is 0 Å². The fraction of sp³-hybridized carbons (Fsp3) is 0.538. The molecule has 1 unspecified atom stereocenters. The molecule has 1 fully saturated rings. The quantitative estimate of drug-likeness (QED) is 0.852. The van der Waals surface area contributed by atoms with E-state index in [1.165, 1.54) is 11.3 Å². The molecule has 1 aliphatic heterocycles. The molecule has 1 aromatic rings. The number of thiophene rings is 1. The van der Waals surface area contributed by atoms with E-state index in [1.807, 2.05) is 11.8 Å². The van der Waals surface area contributed by atoms with Gasteiger partial charge in [-0.3, -0.25) is 0 Å². The molecule has 1 aliphatic rings. The van der Waals surface area contributed by atoms with Gasteiger partial charge in [0.2, 0.25) is 0 Å². The lowest BCUT2D eigenvalue weighted by Crippen LogP contribution is -2.41. The Hall–Kier alpha value is -1.78. The minimum absolute atomic E-state index is 0.0876. The first kappa shape index (κ1) is 14.6. The van der Waals surface area contributed by atoms with Crippen molar-refractivity contribution in [3.05, 3.63) is 10.4 Å². The number of rotatable bonds is 3. The zero-order valence-electron chi connectivity index (χ0n) is 11.5. The first-order valence-electron chi connectivity index (χ1n) is 6.44. The van der Waals surface area contributed by atoms with E-state index in [2.05, 4.69) is 6.07 Å². The van der Waals surface area contributed by atoms with Gasteiger partial charge in [-0.15, -0.1) is 11.3 Å². The second kappa shape index (κ2) is 6.11. The molecule has 2 rings (SSSR count). The summed E-state index contributed by atoms with van der Waals surface area (Å²) in [6.07, 6.45) is 0.0876. The number of nitriles is 1. The summed E-state index contributed by atoms with van der Waals surface area (Å²) in [5.41, 5.74) is 6.48. The molecule has 2 N–H and O–H groups in total. The van der Waals surface area contributed by atoms with Crippen molar-refractivity contribution < 1.29 is 14.3 Å². The zero-order valence-corrected chi connectivity index (χ0v) is 12.3. The number of carbonyl (C=O) groups excluding carboxylic acids is 1. The monoisotopic (exact) mass is 295 g/mol. The fourth-order valence-electron chi connectivity index (χ4n) is 2.11. The Labute approximate surface area is 121 Å². The van der Waals surface area contributed by atoms with Gasteiger partial charge in [0.25, 0.3) is 0 Å². The molecule has 20 heavy (non-hydrogen) atoms. The maximum absolute atomic E-state index is 11.8. The molecule has 0 amide bonds. The Balaban J connectivity index is 2.36. The lowest BCUT2D eigenvalue weighted by molar-refractivity contribution is 0.0531. The minimum Gasteiger partial charge on any atom is -0.462 e. The van der Waals surface area contributed by atoms with Crippen LogP contribution in [0.2, 0.25) is 0 Å². The van der Waals surface area contributed by atoms with E-state index in [-0.39, 0.29) is 18.4 Å². The average Bonchev–Trinajstić information content (AvgIpc) is 2.76. The topological polar surface area (TPSA) is 88.6 Å². The molecule has 0 bridgehead atoms. The van der Waals surface area contributed by atoms with Crippen LogP contribution in [0.1, 0.15) is 29.1 Å². The van der Waals surface area contributed by atoms with Crippen molar-refractivity contribution in [2.24, 2.45) is 0 Å². The Morgan fingerprint density at radius 1 is 1.70 bits per heavy atom. The summed E-state index contributed by atoms with van der Waals surface area (Å²) >= 11 is 1.22. The molecule has 2 heterocycles. The highest BCUT2D eigenvalue weighted by molar-refractivity contribution is 7.18. The maximum Gasteiger partial charge on any atom is 0.350 e. The van der Waals surface area contributed by atoms with Crippen LogP contribution in [0.3, 0.4) is 0 Å². The molecule has 1 aromatic heterocycles. The summed E-state index contributed by atoms with van der Waals surface area (Å²) in [7, 11) is 0. The van der Waals surface area contributed by atoms with Gasteiger partial charge in [-0.1, -0.05) is 0 Å². The molecular weight excluding hydrogens is 278 g/mol. The van der Waals surface area contributed by atoms with E-state index in [0.717, 1.165) is 5.00 Å². The van der Waals surface area contributed by atoms with Crippen LogP contribution in [0.15, 0.2) is 0 Å². The molecular formula is C13H17N3O3S. The van der Waals surface area contributed by atoms with Gasteiger partial charge in [0.1, 0.15) is 21.5 Å². The van der Waals surface area contributed by atoms with E-state index in [4.69, 9.17) is 15.2 Å². The standard InChI is InChI=1S/C13H17N3O3S/c1-3-18-13(17)11-10(15)9(6-14)12(20-11)16-4-5-19-8(2)7-16/h8H,3-5,7,15H2,1-2H3. The number of carbonyl (C=O) groups is 1. The third-order valence-electron chi connectivity index (χ3n) is 3.03. The highest BCUT2D eigenvalue weighted by Gasteiger charge is 2.27. The predicted molar refractivity (Wildman–Crippen MR) is 77.0 cm³/mol. The smallest absolute Gasteiger partial charge is 0.350 e. The number of hydrogen-bond acceptors (Lipinski definition) is 7. The summed E-state index contributed by atoms with van der Waals surface area (Å²) < 4.78 is 10.5. The van der Waals surface area contributed by atoms with Gasteiger partial charge in [0.05, 0.1) is 25.0 Å². The lowest BCUT2D eigenvalue weighted by atomic mass is 10.2. The summed E-state index contributed by atoms with van der Waals surface area (Å²) in [4.78, 5) is 14.2. The molecule has 0 radical (unpaired) electrons. The maximum atomic E-state index is 11.8. The fourth-order valence-corrected chi connectivity index (χ4v) is 3.21. The molecule has 7 heteroatoms. The number of morpholine rings is 1. The normalized spacial score (nSPS) is 18.6. The molecule has 1 atom stereocenters. The summed E-state index contributed by atoms with van der Waals surface area (Å²) in [5.74, 6) is -0.473. The van der Waals surface area contributed by atoms with Crippen LogP contribution in [0.5, 0.6) is 0 Å². The highest BCUT2D eigenvalue weighted by atomic mass is 32.1. The zero-order chi connectivity index (χ0) is 14.7.